The average Bonchev–Trinajstić information content (AvgIpc) is 3.03. The number of rotatable bonds is 7. The summed E-state index contributed by atoms with van der Waals surface area (Å²) in [6.45, 7) is 9.43. The fraction of sp³-hybridized carbons (Fsp3) is 0.562. The van der Waals surface area contributed by atoms with Crippen molar-refractivity contribution in [3.8, 4) is 0 Å². The second-order valence-electron chi connectivity index (χ2n) is 5.46. The molecule has 2 rings (SSSR count). The summed E-state index contributed by atoms with van der Waals surface area (Å²) in [4.78, 5) is 6.82. The Morgan fingerprint density at radius 3 is 2.75 bits per heavy atom. The number of imidazole rings is 1. The first-order valence-corrected chi connectivity index (χ1v) is 7.35. The number of hydrogen-bond donors (Lipinski definition) is 0. The predicted octanol–water partition coefficient (Wildman–Crippen LogP) is 3.34. The van der Waals surface area contributed by atoms with Crippen LogP contribution in [0.3, 0.4) is 0 Å². The van der Waals surface area contributed by atoms with Crippen LogP contribution in [-0.2, 0) is 13.6 Å². The van der Waals surface area contributed by atoms with Gasteiger partial charge in [-0.05, 0) is 38.6 Å². The smallest absolute Gasteiger partial charge is 0.122 e. The molecule has 4 heteroatoms. The molecule has 0 aliphatic carbocycles. The average molecular weight is 275 g/mol. The minimum atomic E-state index is 0.458. The Bertz CT molecular complexity index is 529. The van der Waals surface area contributed by atoms with Crippen molar-refractivity contribution >= 4 is 0 Å². The van der Waals surface area contributed by atoms with E-state index in [0.29, 0.717) is 5.92 Å². The van der Waals surface area contributed by atoms with E-state index >= 15 is 0 Å². The maximum absolute atomic E-state index is 5.70. The molecule has 0 saturated carbocycles. The lowest BCUT2D eigenvalue weighted by atomic mass is 10.0. The third kappa shape index (κ3) is 3.73. The third-order valence-corrected chi connectivity index (χ3v) is 3.86. The third-order valence-electron chi connectivity index (χ3n) is 3.86. The van der Waals surface area contributed by atoms with E-state index in [2.05, 4.69) is 34.4 Å². The largest absolute Gasteiger partial charge is 0.466 e. The number of hydrogen-bond acceptors (Lipinski definition) is 3. The molecule has 0 saturated heterocycles. The summed E-state index contributed by atoms with van der Waals surface area (Å²) in [7, 11) is 2.05. The van der Waals surface area contributed by atoms with Gasteiger partial charge in [-0.3, -0.25) is 4.90 Å². The van der Waals surface area contributed by atoms with Crippen molar-refractivity contribution in [2.24, 2.45) is 7.05 Å². The zero-order chi connectivity index (χ0) is 14.5. The van der Waals surface area contributed by atoms with Crippen LogP contribution in [-0.4, -0.2) is 27.5 Å². The monoisotopic (exact) mass is 275 g/mol. The maximum Gasteiger partial charge on any atom is 0.122 e. The van der Waals surface area contributed by atoms with Gasteiger partial charge in [-0.1, -0.05) is 13.8 Å². The quantitative estimate of drug-likeness (QED) is 0.777. The standard InChI is InChI=1S/C16H25N3O/c1-5-19(12-16-17-9-11-18(16)4)10-8-13(2)15-7-6-14(3)20-15/h6-7,9,11,13H,5,8,10,12H2,1-4H3/t13-/m0/s1. The van der Waals surface area contributed by atoms with E-state index < -0.39 is 0 Å². The van der Waals surface area contributed by atoms with Crippen LogP contribution in [0, 0.1) is 6.92 Å². The van der Waals surface area contributed by atoms with Gasteiger partial charge in [-0.15, -0.1) is 0 Å². The molecule has 4 nitrogen and oxygen atoms in total. The molecule has 20 heavy (non-hydrogen) atoms. The summed E-state index contributed by atoms with van der Waals surface area (Å²) in [5.41, 5.74) is 0. The molecule has 0 unspecified atom stereocenters. The van der Waals surface area contributed by atoms with Gasteiger partial charge in [0.2, 0.25) is 0 Å². The van der Waals surface area contributed by atoms with E-state index in [1.807, 2.05) is 32.4 Å². The summed E-state index contributed by atoms with van der Waals surface area (Å²) in [6.07, 6.45) is 4.96. The number of aryl methyl sites for hydroxylation is 2. The zero-order valence-corrected chi connectivity index (χ0v) is 13.0. The Labute approximate surface area is 121 Å². The van der Waals surface area contributed by atoms with Crippen LogP contribution in [0.5, 0.6) is 0 Å². The highest BCUT2D eigenvalue weighted by Gasteiger charge is 2.13. The van der Waals surface area contributed by atoms with E-state index in [1.54, 1.807) is 0 Å². The van der Waals surface area contributed by atoms with Crippen LogP contribution in [0.15, 0.2) is 28.9 Å². The van der Waals surface area contributed by atoms with Crippen LogP contribution in [0.25, 0.3) is 0 Å². The van der Waals surface area contributed by atoms with Crippen molar-refractivity contribution in [2.75, 3.05) is 13.1 Å². The summed E-state index contributed by atoms with van der Waals surface area (Å²) >= 11 is 0. The molecule has 1 atom stereocenters. The van der Waals surface area contributed by atoms with Crippen molar-refractivity contribution in [2.45, 2.75) is 39.7 Å². The minimum absolute atomic E-state index is 0.458. The van der Waals surface area contributed by atoms with Crippen LogP contribution in [0.1, 0.15) is 43.5 Å². The van der Waals surface area contributed by atoms with Gasteiger partial charge in [0.15, 0.2) is 0 Å². The highest BCUT2D eigenvalue weighted by Crippen LogP contribution is 2.21. The van der Waals surface area contributed by atoms with Crippen molar-refractivity contribution in [1.82, 2.24) is 14.5 Å². The van der Waals surface area contributed by atoms with E-state index in [-0.39, 0.29) is 0 Å². The van der Waals surface area contributed by atoms with E-state index in [4.69, 9.17) is 4.42 Å². The van der Waals surface area contributed by atoms with Gasteiger partial charge in [0.05, 0.1) is 6.54 Å². The van der Waals surface area contributed by atoms with Gasteiger partial charge in [0.25, 0.3) is 0 Å². The summed E-state index contributed by atoms with van der Waals surface area (Å²) < 4.78 is 7.79. The number of furan rings is 1. The molecule has 110 valence electrons. The minimum Gasteiger partial charge on any atom is -0.466 e. The first-order valence-electron chi connectivity index (χ1n) is 7.35. The normalized spacial score (nSPS) is 13.1. The van der Waals surface area contributed by atoms with Crippen LogP contribution >= 0.6 is 0 Å². The van der Waals surface area contributed by atoms with Gasteiger partial charge in [0, 0.05) is 25.4 Å². The molecule has 0 aliphatic heterocycles. The molecule has 0 spiro atoms. The molecule has 0 aromatic carbocycles. The van der Waals surface area contributed by atoms with E-state index in [1.165, 1.54) is 0 Å². The second-order valence-corrected chi connectivity index (χ2v) is 5.46. The Morgan fingerprint density at radius 2 is 2.20 bits per heavy atom. The van der Waals surface area contributed by atoms with Gasteiger partial charge >= 0.3 is 0 Å². The lowest BCUT2D eigenvalue weighted by molar-refractivity contribution is 0.256. The molecular weight excluding hydrogens is 250 g/mol. The number of aromatic nitrogens is 2. The fourth-order valence-corrected chi connectivity index (χ4v) is 2.33. The number of nitrogens with zero attached hydrogens (tertiary/aromatic N) is 3. The van der Waals surface area contributed by atoms with Gasteiger partial charge in [-0.25, -0.2) is 4.98 Å². The lowest BCUT2D eigenvalue weighted by Crippen LogP contribution is -2.26. The fourth-order valence-electron chi connectivity index (χ4n) is 2.33. The van der Waals surface area contributed by atoms with Crippen molar-refractivity contribution < 1.29 is 4.42 Å². The highest BCUT2D eigenvalue weighted by atomic mass is 16.3. The van der Waals surface area contributed by atoms with Gasteiger partial charge in [-0.2, -0.15) is 0 Å². The Hall–Kier alpha value is -1.55. The molecule has 0 N–H and O–H groups in total. The predicted molar refractivity (Wildman–Crippen MR) is 80.6 cm³/mol. The Morgan fingerprint density at radius 1 is 1.40 bits per heavy atom. The maximum atomic E-state index is 5.70. The summed E-state index contributed by atoms with van der Waals surface area (Å²) in [5, 5.41) is 0. The molecule has 0 fully saturated rings. The zero-order valence-electron chi connectivity index (χ0n) is 13.0. The molecular formula is C16H25N3O. The summed E-state index contributed by atoms with van der Waals surface area (Å²) in [5.74, 6) is 3.66. The highest BCUT2D eigenvalue weighted by molar-refractivity contribution is 5.09. The second kappa shape index (κ2) is 6.75. The van der Waals surface area contributed by atoms with Gasteiger partial charge in [0.1, 0.15) is 17.3 Å². The van der Waals surface area contributed by atoms with Crippen LogP contribution in [0.4, 0.5) is 0 Å². The first-order chi connectivity index (χ1) is 9.60. The summed E-state index contributed by atoms with van der Waals surface area (Å²) in [6, 6.07) is 4.13. The van der Waals surface area contributed by atoms with E-state index in [9.17, 15) is 0 Å². The Balaban J connectivity index is 1.86. The molecule has 2 aromatic heterocycles. The molecule has 2 heterocycles. The molecule has 0 bridgehead atoms. The topological polar surface area (TPSA) is 34.2 Å². The molecule has 0 amide bonds. The van der Waals surface area contributed by atoms with Crippen LogP contribution < -0.4 is 0 Å². The Kier molecular flexibility index (Phi) is 5.01. The first kappa shape index (κ1) is 14.9. The van der Waals surface area contributed by atoms with Crippen molar-refractivity contribution in [3.63, 3.8) is 0 Å². The SMILES string of the molecule is CCN(CC[C@H](C)c1ccc(C)o1)Cc1nccn1C. The van der Waals surface area contributed by atoms with E-state index in [0.717, 1.165) is 43.4 Å². The molecule has 0 aliphatic rings. The van der Waals surface area contributed by atoms with Crippen LogP contribution in [0.2, 0.25) is 0 Å². The van der Waals surface area contributed by atoms with Gasteiger partial charge < -0.3 is 8.98 Å². The lowest BCUT2D eigenvalue weighted by Gasteiger charge is -2.21. The van der Waals surface area contributed by atoms with Crippen molar-refractivity contribution in [3.05, 3.63) is 41.9 Å². The molecule has 0 radical (unpaired) electrons. The van der Waals surface area contributed by atoms with Crippen molar-refractivity contribution in [1.29, 1.82) is 0 Å². The molecule has 2 aromatic rings.